The zero-order valence-electron chi connectivity index (χ0n) is 10.4. The number of likely N-dealkylation sites (tertiary alicyclic amines) is 1. The highest BCUT2D eigenvalue weighted by molar-refractivity contribution is 4.74. The number of likely N-dealkylation sites (N-methyl/N-ethyl adjacent to an activating group) is 2. The van der Waals surface area contributed by atoms with E-state index in [1.807, 2.05) is 34.7 Å². The Labute approximate surface area is 84.7 Å². The zero-order valence-corrected chi connectivity index (χ0v) is 10.4. The molecule has 2 heteroatoms. The maximum absolute atomic E-state index is 3.29. The van der Waals surface area contributed by atoms with Crippen LogP contribution in [0.4, 0.5) is 0 Å². The highest BCUT2D eigenvalue weighted by atomic mass is 15.1. The van der Waals surface area contributed by atoms with Crippen molar-refractivity contribution in [2.75, 3.05) is 27.2 Å². The van der Waals surface area contributed by atoms with Gasteiger partial charge in [0.15, 0.2) is 0 Å². The van der Waals surface area contributed by atoms with Crippen LogP contribution in [0.1, 0.15) is 40.5 Å². The molecule has 0 aromatic rings. The SMILES string of the molecule is CC.CC.CNC1CCCN(C)C1. The number of hydrogen-bond acceptors (Lipinski definition) is 2. The zero-order chi connectivity index (χ0) is 10.7. The topological polar surface area (TPSA) is 15.3 Å². The monoisotopic (exact) mass is 188 g/mol. The third kappa shape index (κ3) is 8.26. The van der Waals surface area contributed by atoms with Crippen LogP contribution in [0.5, 0.6) is 0 Å². The van der Waals surface area contributed by atoms with Crippen LogP contribution in [0.15, 0.2) is 0 Å². The predicted octanol–water partition coefficient (Wildman–Crippen LogP) is 2.35. The average Bonchev–Trinajstić information content (AvgIpc) is 2.24. The molecular formula is C11H28N2. The van der Waals surface area contributed by atoms with Crippen molar-refractivity contribution in [2.24, 2.45) is 0 Å². The second-order valence-corrected chi connectivity index (χ2v) is 2.89. The molecule has 0 aromatic carbocycles. The first-order valence-electron chi connectivity index (χ1n) is 5.68. The fourth-order valence-corrected chi connectivity index (χ4v) is 1.40. The van der Waals surface area contributed by atoms with Crippen molar-refractivity contribution < 1.29 is 0 Å². The molecule has 1 unspecified atom stereocenters. The highest BCUT2D eigenvalue weighted by Crippen LogP contribution is 2.06. The standard InChI is InChI=1S/C7H16N2.2C2H6/c1-8-7-4-3-5-9(2)6-7;2*1-2/h7-8H,3-6H2,1-2H3;2*1-2H3. The Balaban J connectivity index is 0. The van der Waals surface area contributed by atoms with Gasteiger partial charge < -0.3 is 10.2 Å². The molecule has 2 nitrogen and oxygen atoms in total. The van der Waals surface area contributed by atoms with Gasteiger partial charge in [0.05, 0.1) is 0 Å². The van der Waals surface area contributed by atoms with Crippen LogP contribution < -0.4 is 5.32 Å². The lowest BCUT2D eigenvalue weighted by atomic mass is 10.1. The Hall–Kier alpha value is -0.0800. The second kappa shape index (κ2) is 11.9. The lowest BCUT2D eigenvalue weighted by Crippen LogP contribution is -2.42. The Morgan fingerprint density at radius 2 is 1.69 bits per heavy atom. The van der Waals surface area contributed by atoms with Gasteiger partial charge in [-0.1, -0.05) is 27.7 Å². The molecule has 0 spiro atoms. The summed E-state index contributed by atoms with van der Waals surface area (Å²) in [6, 6.07) is 0.740. The quantitative estimate of drug-likeness (QED) is 0.679. The van der Waals surface area contributed by atoms with Crippen molar-refractivity contribution >= 4 is 0 Å². The summed E-state index contributed by atoms with van der Waals surface area (Å²) in [5.41, 5.74) is 0. The maximum atomic E-state index is 3.29. The number of nitrogens with zero attached hydrogens (tertiary/aromatic N) is 1. The van der Waals surface area contributed by atoms with Crippen LogP contribution in [-0.2, 0) is 0 Å². The summed E-state index contributed by atoms with van der Waals surface area (Å²) < 4.78 is 0. The van der Waals surface area contributed by atoms with Crippen LogP contribution in [0.3, 0.4) is 0 Å². The van der Waals surface area contributed by atoms with Gasteiger partial charge >= 0.3 is 0 Å². The molecule has 1 saturated heterocycles. The summed E-state index contributed by atoms with van der Waals surface area (Å²) in [5, 5.41) is 3.29. The van der Waals surface area contributed by atoms with Gasteiger partial charge in [0.2, 0.25) is 0 Å². The number of nitrogens with one attached hydrogen (secondary N) is 1. The first kappa shape index (κ1) is 15.4. The van der Waals surface area contributed by atoms with E-state index in [0.29, 0.717) is 0 Å². The molecule has 1 atom stereocenters. The summed E-state index contributed by atoms with van der Waals surface area (Å²) in [6.07, 6.45) is 2.70. The van der Waals surface area contributed by atoms with Crippen molar-refractivity contribution in [1.29, 1.82) is 0 Å². The van der Waals surface area contributed by atoms with Crippen molar-refractivity contribution in [1.82, 2.24) is 10.2 Å². The van der Waals surface area contributed by atoms with Gasteiger partial charge in [0.1, 0.15) is 0 Å². The summed E-state index contributed by atoms with van der Waals surface area (Å²) in [6.45, 7) is 10.5. The minimum Gasteiger partial charge on any atom is -0.316 e. The van der Waals surface area contributed by atoms with E-state index in [4.69, 9.17) is 0 Å². The molecule has 1 N–H and O–H groups in total. The van der Waals surface area contributed by atoms with E-state index in [9.17, 15) is 0 Å². The normalized spacial score (nSPS) is 22.2. The minimum absolute atomic E-state index is 0.740. The van der Waals surface area contributed by atoms with Crippen LogP contribution in [0, 0.1) is 0 Å². The first-order chi connectivity index (χ1) is 6.33. The Morgan fingerprint density at radius 1 is 1.15 bits per heavy atom. The smallest absolute Gasteiger partial charge is 0.0192 e. The molecule has 1 fully saturated rings. The van der Waals surface area contributed by atoms with Crippen molar-refractivity contribution in [3.05, 3.63) is 0 Å². The van der Waals surface area contributed by atoms with E-state index in [0.717, 1.165) is 6.04 Å². The molecule has 1 aliphatic heterocycles. The van der Waals surface area contributed by atoms with Gasteiger partial charge in [-0.15, -0.1) is 0 Å². The summed E-state index contributed by atoms with van der Waals surface area (Å²) in [4.78, 5) is 2.38. The largest absolute Gasteiger partial charge is 0.316 e. The van der Waals surface area contributed by atoms with E-state index < -0.39 is 0 Å². The fourth-order valence-electron chi connectivity index (χ4n) is 1.40. The third-order valence-corrected chi connectivity index (χ3v) is 2.03. The number of rotatable bonds is 1. The molecule has 0 amide bonds. The highest BCUT2D eigenvalue weighted by Gasteiger charge is 2.13. The van der Waals surface area contributed by atoms with E-state index in [-0.39, 0.29) is 0 Å². The van der Waals surface area contributed by atoms with Crippen LogP contribution in [-0.4, -0.2) is 38.1 Å². The van der Waals surface area contributed by atoms with Crippen molar-refractivity contribution in [3.8, 4) is 0 Å². The third-order valence-electron chi connectivity index (χ3n) is 2.03. The van der Waals surface area contributed by atoms with Gasteiger partial charge in [-0.25, -0.2) is 0 Å². The van der Waals surface area contributed by atoms with Crippen LogP contribution >= 0.6 is 0 Å². The molecule has 0 aromatic heterocycles. The van der Waals surface area contributed by atoms with Gasteiger partial charge in [-0.05, 0) is 33.5 Å². The molecule has 0 saturated carbocycles. The van der Waals surface area contributed by atoms with Crippen molar-refractivity contribution in [3.63, 3.8) is 0 Å². The second-order valence-electron chi connectivity index (χ2n) is 2.89. The molecule has 13 heavy (non-hydrogen) atoms. The maximum Gasteiger partial charge on any atom is 0.0192 e. The Kier molecular flexibility index (Phi) is 14.1. The first-order valence-corrected chi connectivity index (χ1v) is 5.68. The van der Waals surface area contributed by atoms with Gasteiger partial charge in [-0.2, -0.15) is 0 Å². The van der Waals surface area contributed by atoms with Crippen molar-refractivity contribution in [2.45, 2.75) is 46.6 Å². The molecule has 0 radical (unpaired) electrons. The molecule has 0 aliphatic carbocycles. The van der Waals surface area contributed by atoms with Gasteiger partial charge in [0.25, 0.3) is 0 Å². The molecule has 0 bridgehead atoms. The lowest BCUT2D eigenvalue weighted by molar-refractivity contribution is 0.234. The van der Waals surface area contributed by atoms with E-state index in [1.165, 1.54) is 25.9 Å². The van der Waals surface area contributed by atoms with Crippen LogP contribution in [0.2, 0.25) is 0 Å². The van der Waals surface area contributed by atoms with E-state index >= 15 is 0 Å². The summed E-state index contributed by atoms with van der Waals surface area (Å²) >= 11 is 0. The summed E-state index contributed by atoms with van der Waals surface area (Å²) in [5.74, 6) is 0. The molecular weight excluding hydrogens is 160 g/mol. The minimum atomic E-state index is 0.740. The Bertz CT molecular complexity index is 84.2. The molecule has 1 heterocycles. The fraction of sp³-hybridized carbons (Fsp3) is 1.00. The van der Waals surface area contributed by atoms with Gasteiger partial charge in [-0.3, -0.25) is 0 Å². The van der Waals surface area contributed by atoms with Gasteiger partial charge in [0, 0.05) is 12.6 Å². The molecule has 1 rings (SSSR count). The molecule has 1 aliphatic rings. The average molecular weight is 188 g/mol. The lowest BCUT2D eigenvalue weighted by Gasteiger charge is -2.29. The van der Waals surface area contributed by atoms with Crippen LogP contribution in [0.25, 0.3) is 0 Å². The van der Waals surface area contributed by atoms with E-state index in [2.05, 4.69) is 17.3 Å². The van der Waals surface area contributed by atoms with E-state index in [1.54, 1.807) is 0 Å². The number of piperidine rings is 1. The number of hydrogen-bond donors (Lipinski definition) is 1. The Morgan fingerprint density at radius 3 is 2.00 bits per heavy atom. The predicted molar refractivity (Wildman–Crippen MR) is 62.3 cm³/mol. The summed E-state index contributed by atoms with van der Waals surface area (Å²) in [7, 11) is 4.23. The molecule has 82 valence electrons.